The number of rotatable bonds is 6. The molecule has 1 aromatic carbocycles. The maximum Gasteiger partial charge on any atom is 0.417 e. The highest BCUT2D eigenvalue weighted by Crippen LogP contribution is 2.32. The van der Waals surface area contributed by atoms with Crippen molar-refractivity contribution in [2.24, 2.45) is 5.92 Å². The Morgan fingerprint density at radius 2 is 1.71 bits per heavy atom. The minimum atomic E-state index is -4.61. The lowest BCUT2D eigenvalue weighted by Gasteiger charge is -2.35. The van der Waals surface area contributed by atoms with E-state index in [0.29, 0.717) is 18.9 Å². The molecule has 1 N–H and O–H groups in total. The number of carbonyl (C=O) groups excluding carboxylic acids is 3. The number of ether oxygens (including phenoxy) is 1. The number of halogens is 3. The van der Waals surface area contributed by atoms with Gasteiger partial charge in [-0.15, -0.1) is 10.2 Å². The maximum atomic E-state index is 13.2. The van der Waals surface area contributed by atoms with Gasteiger partial charge in [-0.05, 0) is 31.0 Å². The molecule has 1 saturated heterocycles. The molecule has 1 aromatic heterocycles. The van der Waals surface area contributed by atoms with E-state index in [1.165, 1.54) is 29.2 Å². The first-order chi connectivity index (χ1) is 16.2. The summed E-state index contributed by atoms with van der Waals surface area (Å²) in [5.74, 6) is -0.238. The quantitative estimate of drug-likeness (QED) is 0.682. The van der Waals surface area contributed by atoms with Gasteiger partial charge in [0.2, 0.25) is 5.88 Å². The van der Waals surface area contributed by atoms with Crippen molar-refractivity contribution in [3.63, 3.8) is 0 Å². The number of benzene rings is 1. The molecule has 12 heteroatoms. The summed E-state index contributed by atoms with van der Waals surface area (Å²) in [6.45, 7) is 1.02. The van der Waals surface area contributed by atoms with Crippen LogP contribution in [0.25, 0.3) is 0 Å². The van der Waals surface area contributed by atoms with Gasteiger partial charge >= 0.3 is 12.3 Å². The smallest absolute Gasteiger partial charge is 0.390 e. The van der Waals surface area contributed by atoms with Crippen molar-refractivity contribution in [3.8, 4) is 5.88 Å². The second-order valence-electron chi connectivity index (χ2n) is 8.04. The third-order valence-electron chi connectivity index (χ3n) is 5.62. The highest BCUT2D eigenvalue weighted by Gasteiger charge is 2.36. The van der Waals surface area contributed by atoms with Gasteiger partial charge in [0.1, 0.15) is 0 Å². The lowest BCUT2D eigenvalue weighted by atomic mass is 10.1. The number of nitrogens with one attached hydrogen (secondary N) is 1. The molecule has 1 aliphatic heterocycles. The monoisotopic (exact) mass is 477 g/mol. The van der Waals surface area contributed by atoms with Crippen LogP contribution in [0.3, 0.4) is 0 Å². The summed E-state index contributed by atoms with van der Waals surface area (Å²) in [6.07, 6.45) is -3.71. The lowest BCUT2D eigenvalue weighted by molar-refractivity contribution is -0.138. The van der Waals surface area contributed by atoms with Crippen LogP contribution in [-0.2, 0) is 11.0 Å². The molecule has 1 saturated carbocycles. The first-order valence-electron chi connectivity index (χ1n) is 10.7. The second-order valence-corrected chi connectivity index (χ2v) is 8.04. The number of alkyl halides is 3. The third kappa shape index (κ3) is 5.61. The summed E-state index contributed by atoms with van der Waals surface area (Å²) in [6, 6.07) is 7.76. The van der Waals surface area contributed by atoms with Crippen molar-refractivity contribution in [2.45, 2.75) is 19.0 Å². The van der Waals surface area contributed by atoms with Gasteiger partial charge in [-0.2, -0.15) is 13.2 Å². The summed E-state index contributed by atoms with van der Waals surface area (Å²) in [5.41, 5.74) is -1.33. The van der Waals surface area contributed by atoms with Crippen LogP contribution in [0, 0.1) is 5.92 Å². The van der Waals surface area contributed by atoms with Crippen molar-refractivity contribution in [2.75, 3.05) is 37.6 Å². The molecule has 2 amide bonds. The van der Waals surface area contributed by atoms with Crippen molar-refractivity contribution < 1.29 is 32.3 Å². The highest BCUT2D eigenvalue weighted by atomic mass is 19.4. The van der Waals surface area contributed by atoms with E-state index in [-0.39, 0.29) is 42.8 Å². The Morgan fingerprint density at radius 3 is 2.32 bits per heavy atom. The third-order valence-corrected chi connectivity index (χ3v) is 5.62. The molecule has 0 bridgehead atoms. The molecule has 0 radical (unpaired) electrons. The molecule has 2 aromatic rings. The first kappa shape index (κ1) is 23.5. The molecular formula is C22H22F3N5O4. The standard InChI is InChI=1S/C22H22F3N5O4/c23-22(24,25)16-4-2-1-3-15(16)20(32)30-11-9-29(10-12-30)18-7-8-19(28-27-18)34-21(33)26-13-17(31)14-5-6-14/h1-4,7-8,14H,5-6,9-13H2,(H,26,33). The summed E-state index contributed by atoms with van der Waals surface area (Å²) >= 11 is 0. The van der Waals surface area contributed by atoms with Crippen molar-refractivity contribution in [3.05, 3.63) is 47.5 Å². The van der Waals surface area contributed by atoms with Gasteiger partial charge < -0.3 is 19.9 Å². The van der Waals surface area contributed by atoms with Gasteiger partial charge in [-0.25, -0.2) is 4.79 Å². The number of nitrogens with zero attached hydrogens (tertiary/aromatic N) is 4. The van der Waals surface area contributed by atoms with E-state index in [1.54, 1.807) is 6.07 Å². The Balaban J connectivity index is 1.29. The number of piperazine rings is 1. The van der Waals surface area contributed by atoms with Crippen LogP contribution in [-0.4, -0.2) is 65.6 Å². The number of hydrogen-bond acceptors (Lipinski definition) is 7. The van der Waals surface area contributed by atoms with Crippen molar-refractivity contribution in [1.29, 1.82) is 0 Å². The van der Waals surface area contributed by atoms with E-state index in [0.717, 1.165) is 18.9 Å². The molecule has 2 heterocycles. The van der Waals surface area contributed by atoms with E-state index in [1.807, 2.05) is 4.90 Å². The Bertz CT molecular complexity index is 1060. The van der Waals surface area contributed by atoms with Gasteiger partial charge in [-0.1, -0.05) is 12.1 Å². The summed E-state index contributed by atoms with van der Waals surface area (Å²) in [4.78, 5) is 39.3. The fraction of sp³-hybridized carbons (Fsp3) is 0.409. The average molecular weight is 477 g/mol. The van der Waals surface area contributed by atoms with Gasteiger partial charge in [0.15, 0.2) is 11.6 Å². The number of carbonyl (C=O) groups is 3. The number of amides is 2. The Morgan fingerprint density at radius 1 is 1.00 bits per heavy atom. The largest absolute Gasteiger partial charge is 0.417 e. The van der Waals surface area contributed by atoms with Crippen molar-refractivity contribution in [1.82, 2.24) is 20.4 Å². The minimum absolute atomic E-state index is 0.0297. The van der Waals surface area contributed by atoms with Crippen LogP contribution in [0.1, 0.15) is 28.8 Å². The Hall–Kier alpha value is -3.70. The zero-order valence-corrected chi connectivity index (χ0v) is 18.0. The molecule has 34 heavy (non-hydrogen) atoms. The minimum Gasteiger partial charge on any atom is -0.390 e. The average Bonchev–Trinajstić information content (AvgIpc) is 3.68. The van der Waals surface area contributed by atoms with Crippen LogP contribution >= 0.6 is 0 Å². The van der Waals surface area contributed by atoms with E-state index in [2.05, 4.69) is 15.5 Å². The van der Waals surface area contributed by atoms with Gasteiger partial charge in [0.25, 0.3) is 5.91 Å². The molecule has 2 aliphatic rings. The SMILES string of the molecule is O=C(NCC(=O)C1CC1)Oc1ccc(N2CCN(C(=O)c3ccccc3C(F)(F)F)CC2)nn1. The molecule has 0 spiro atoms. The Labute approximate surface area is 192 Å². The fourth-order valence-corrected chi connectivity index (χ4v) is 3.60. The number of Topliss-reactive ketones (excluding diaryl/α,β-unsaturated/α-hetero) is 1. The second kappa shape index (κ2) is 9.65. The predicted octanol–water partition coefficient (Wildman–Crippen LogP) is 2.53. The number of anilines is 1. The molecule has 0 unspecified atom stereocenters. The molecule has 180 valence electrons. The van der Waals surface area contributed by atoms with E-state index < -0.39 is 23.7 Å². The topological polar surface area (TPSA) is 105 Å². The van der Waals surface area contributed by atoms with Crippen LogP contribution in [0.15, 0.2) is 36.4 Å². The molecule has 4 rings (SSSR count). The lowest BCUT2D eigenvalue weighted by Crippen LogP contribution is -2.49. The number of aromatic nitrogens is 2. The van der Waals surface area contributed by atoms with E-state index in [4.69, 9.17) is 4.74 Å². The highest BCUT2D eigenvalue weighted by molar-refractivity contribution is 5.96. The Kier molecular flexibility index (Phi) is 6.66. The normalized spacial score (nSPS) is 16.2. The van der Waals surface area contributed by atoms with Gasteiger partial charge in [0.05, 0.1) is 17.7 Å². The summed E-state index contributed by atoms with van der Waals surface area (Å²) in [7, 11) is 0. The fourth-order valence-electron chi connectivity index (χ4n) is 3.60. The van der Waals surface area contributed by atoms with Crippen molar-refractivity contribution >= 4 is 23.6 Å². The molecule has 1 aliphatic carbocycles. The van der Waals surface area contributed by atoms with E-state index in [9.17, 15) is 27.6 Å². The molecule has 9 nitrogen and oxygen atoms in total. The number of ketones is 1. The van der Waals surface area contributed by atoms with Crippen LogP contribution in [0.2, 0.25) is 0 Å². The van der Waals surface area contributed by atoms with Crippen LogP contribution in [0.5, 0.6) is 5.88 Å². The maximum absolute atomic E-state index is 13.2. The zero-order chi connectivity index (χ0) is 24.3. The first-order valence-corrected chi connectivity index (χ1v) is 10.7. The predicted molar refractivity (Wildman–Crippen MR) is 113 cm³/mol. The molecule has 0 atom stereocenters. The zero-order valence-electron chi connectivity index (χ0n) is 18.0. The molecular weight excluding hydrogens is 455 g/mol. The molecule has 2 fully saturated rings. The summed E-state index contributed by atoms with van der Waals surface area (Å²) < 4.78 is 44.7. The van der Waals surface area contributed by atoms with Gasteiger partial charge in [-0.3, -0.25) is 9.59 Å². The van der Waals surface area contributed by atoms with E-state index >= 15 is 0 Å². The van der Waals surface area contributed by atoms with Crippen LogP contribution < -0.4 is 15.0 Å². The number of hydrogen-bond donors (Lipinski definition) is 1. The van der Waals surface area contributed by atoms with Gasteiger partial charge in [0, 0.05) is 38.2 Å². The summed E-state index contributed by atoms with van der Waals surface area (Å²) in [5, 5.41) is 10.2. The van der Waals surface area contributed by atoms with Crippen LogP contribution in [0.4, 0.5) is 23.8 Å².